The minimum atomic E-state index is -5.72. The summed E-state index contributed by atoms with van der Waals surface area (Å²) >= 11 is 0. The largest absolute Gasteiger partial charge is 0.481 e. The van der Waals surface area contributed by atoms with Gasteiger partial charge in [0.2, 0.25) is 0 Å². The Labute approximate surface area is 398 Å². The van der Waals surface area contributed by atoms with Gasteiger partial charge < -0.3 is 50.2 Å². The number of phosphoric ester groups is 2. The summed E-state index contributed by atoms with van der Waals surface area (Å²) in [4.78, 5) is 78.1. The van der Waals surface area contributed by atoms with E-state index in [1.807, 2.05) is 6.92 Å². The van der Waals surface area contributed by atoms with Crippen LogP contribution < -0.4 is 11.4 Å². The Hall–Kier alpha value is -3.17. The smallest absolute Gasteiger partial charge is 0.462 e. The average Bonchev–Trinajstić information content (AvgIpc) is 3.27. The highest BCUT2D eigenvalue weighted by atomic mass is 31.3. The highest BCUT2D eigenvalue weighted by Gasteiger charge is 2.45. The third kappa shape index (κ3) is 21.9. The lowest BCUT2D eigenvalue weighted by atomic mass is 9.83. The molecule has 2 aliphatic rings. The number of hydrogen-bond donors (Lipinski definition) is 7. The van der Waals surface area contributed by atoms with Crippen LogP contribution in [-0.4, -0.2) is 114 Å². The maximum atomic E-state index is 14.2. The predicted molar refractivity (Wildman–Crippen MR) is 248 cm³/mol. The Kier molecular flexibility index (Phi) is 26.6. The van der Waals surface area contributed by atoms with E-state index >= 15 is 0 Å². The Morgan fingerprint density at radius 2 is 1.62 bits per heavy atom. The molecule has 0 spiro atoms. The number of aliphatic hydroxyl groups excluding tert-OH is 4. The summed E-state index contributed by atoms with van der Waals surface area (Å²) in [7, 11) is -11.3. The molecule has 0 aromatic carbocycles. The second kappa shape index (κ2) is 30.5. The molecule has 3 unspecified atom stereocenters. The van der Waals surface area contributed by atoms with Gasteiger partial charge in [-0.1, -0.05) is 109 Å². The van der Waals surface area contributed by atoms with Crippen molar-refractivity contribution < 1.29 is 81.3 Å². The van der Waals surface area contributed by atoms with Crippen molar-refractivity contribution in [3.63, 3.8) is 0 Å². The first-order valence-corrected chi connectivity index (χ1v) is 26.8. The first-order chi connectivity index (χ1) is 32.3. The lowest BCUT2D eigenvalue weighted by Crippen LogP contribution is -2.51. The molecule has 1 fully saturated rings. The normalized spacial score (nSPS) is 31.3. The van der Waals surface area contributed by atoms with E-state index in [-0.39, 0.29) is 37.9 Å². The number of hydrogen-bond acceptors (Lipinski definition) is 18. The number of cyclic esters (lactones) is 1. The zero-order valence-corrected chi connectivity index (χ0v) is 41.3. The van der Waals surface area contributed by atoms with E-state index in [0.717, 1.165) is 62.1 Å². The Morgan fingerprint density at radius 3 is 2.31 bits per heavy atom. The molecule has 0 radical (unpaired) electrons. The molecule has 68 heavy (non-hydrogen) atoms. The number of nitrogen functional groups attached to an aromatic ring is 1. The van der Waals surface area contributed by atoms with Crippen LogP contribution in [0.3, 0.4) is 0 Å². The summed E-state index contributed by atoms with van der Waals surface area (Å²) in [5.41, 5.74) is 4.71. The SMILES string of the molecule is CCCCC[C@H](O)/C=C/[C@@H]1[C@H](O)[C@H](O)[C@H]2COP(=O)(O)OP(=O)(O)OC[C@H](OC(=O)CCCCCCCCC(C)CC)COC(=O)CCC/C=C\C[C@@H](C(=O)C[C@H]1O)[C@H](n1ccc(N)nc1=O)O2. The molecule has 3 rings (SSSR count). The third-order valence-corrected chi connectivity index (χ3v) is 14.5. The van der Waals surface area contributed by atoms with E-state index in [1.54, 1.807) is 12.2 Å². The van der Waals surface area contributed by atoms with Crippen LogP contribution in [0.2, 0.25) is 0 Å². The summed E-state index contributed by atoms with van der Waals surface area (Å²) in [5.74, 6) is -4.47. The lowest BCUT2D eigenvalue weighted by molar-refractivity contribution is -0.183. The number of esters is 2. The van der Waals surface area contributed by atoms with Gasteiger partial charge in [-0.05, 0) is 44.1 Å². The summed E-state index contributed by atoms with van der Waals surface area (Å²) in [6.45, 7) is 3.61. The van der Waals surface area contributed by atoms with Crippen LogP contribution in [0.25, 0.3) is 0 Å². The van der Waals surface area contributed by atoms with Crippen molar-refractivity contribution in [2.45, 2.75) is 179 Å². The summed E-state index contributed by atoms with van der Waals surface area (Å²) in [6.07, 6.45) is 4.81. The van der Waals surface area contributed by atoms with Crippen molar-refractivity contribution in [2.24, 2.45) is 17.8 Å². The number of unbranched alkanes of at least 4 members (excludes halogenated alkanes) is 7. The number of anilines is 1. The molecule has 12 atom stereocenters. The van der Waals surface area contributed by atoms with Crippen molar-refractivity contribution in [1.82, 2.24) is 9.55 Å². The van der Waals surface area contributed by atoms with Crippen LogP contribution in [0.15, 0.2) is 41.4 Å². The molecule has 1 saturated heterocycles. The van der Waals surface area contributed by atoms with Crippen LogP contribution in [0.1, 0.15) is 143 Å². The number of rotatable bonds is 18. The number of carbonyl (C=O) groups excluding carboxylic acids is 3. The second-order valence-electron chi connectivity index (χ2n) is 17.6. The maximum Gasteiger partial charge on any atom is 0.481 e. The van der Waals surface area contributed by atoms with Crippen LogP contribution in [0.4, 0.5) is 5.82 Å². The average molecular weight is 1010 g/mol. The van der Waals surface area contributed by atoms with E-state index in [9.17, 15) is 58.5 Å². The topological polar surface area (TPSA) is 323 Å². The molecule has 23 heteroatoms. The molecule has 3 heterocycles. The first-order valence-electron chi connectivity index (χ1n) is 23.8. The second-order valence-corrected chi connectivity index (χ2v) is 20.7. The molecule has 0 saturated carbocycles. The fourth-order valence-corrected chi connectivity index (χ4v) is 9.80. The van der Waals surface area contributed by atoms with Crippen molar-refractivity contribution in [2.75, 3.05) is 25.6 Å². The summed E-state index contributed by atoms with van der Waals surface area (Å²) in [5, 5.41) is 45.4. The fourth-order valence-electron chi connectivity index (χ4n) is 7.69. The molecular formula is C45H75N3O18P2. The number of Topliss-reactive ketones (excluding diaryl/α,β-unsaturated/α-hetero) is 1. The number of carbonyl (C=O) groups is 3. The van der Waals surface area contributed by atoms with E-state index in [0.29, 0.717) is 25.2 Å². The van der Waals surface area contributed by atoms with E-state index in [4.69, 9.17) is 29.0 Å². The van der Waals surface area contributed by atoms with Gasteiger partial charge in [-0.25, -0.2) is 13.9 Å². The van der Waals surface area contributed by atoms with Gasteiger partial charge in [-0.3, -0.25) is 28.0 Å². The van der Waals surface area contributed by atoms with E-state index < -0.39 is 120 Å². The number of aromatic nitrogens is 2. The minimum Gasteiger partial charge on any atom is -0.462 e. The number of ether oxygens (including phenoxy) is 3. The number of ketones is 1. The van der Waals surface area contributed by atoms with Crippen molar-refractivity contribution >= 4 is 39.2 Å². The van der Waals surface area contributed by atoms with Gasteiger partial charge in [0, 0.05) is 31.4 Å². The quantitative estimate of drug-likeness (QED) is 0.0413. The maximum absolute atomic E-state index is 14.2. The monoisotopic (exact) mass is 1010 g/mol. The van der Waals surface area contributed by atoms with Crippen LogP contribution in [0.5, 0.6) is 0 Å². The van der Waals surface area contributed by atoms with E-state index in [2.05, 4.69) is 23.1 Å². The molecule has 1 aromatic heterocycles. The fraction of sp³-hybridized carbons (Fsp3) is 0.756. The van der Waals surface area contributed by atoms with Gasteiger partial charge in [-0.15, -0.1) is 0 Å². The molecule has 2 aliphatic heterocycles. The standard InChI is InChI=1S/C45H75N3O18P2/c1-4-6-13-19-32(49)23-24-34-36(50)27-37(51)35-20-15-11-12-16-21-40(52)61-28-33(64-41(53)22-17-10-8-7-9-14-18-31(3)5-2)29-62-67(57,58)66-68(59,60)63-30-38(43(55)42(34)54)65-44(35)48-26-25-39(46)47-45(48)56/h11,15,23-26,31-36,38,42-44,49-50,54-55H,4-10,12-14,16-22,27-30H2,1-3H3,(H,57,58)(H,59,60)(H2,46,47,56)/b15-11-,24-23+/t31?,32-,33+,34-,35-,36+,38+,42-,43+,44+/m0/s1. The highest BCUT2D eigenvalue weighted by Crippen LogP contribution is 2.60. The van der Waals surface area contributed by atoms with Crippen LogP contribution >= 0.6 is 15.6 Å². The Morgan fingerprint density at radius 1 is 0.941 bits per heavy atom. The minimum absolute atomic E-state index is 0.00577. The lowest BCUT2D eigenvalue weighted by Gasteiger charge is -2.38. The number of phosphoric acid groups is 2. The third-order valence-electron chi connectivity index (χ3n) is 11.9. The zero-order valence-electron chi connectivity index (χ0n) is 39.5. The van der Waals surface area contributed by atoms with Crippen LogP contribution in [-0.2, 0) is 51.1 Å². The molecule has 0 amide bonds. The molecule has 0 aliphatic carbocycles. The number of nitrogens with zero attached hydrogens (tertiary/aromatic N) is 2. The summed E-state index contributed by atoms with van der Waals surface area (Å²) < 4.78 is 58.7. The van der Waals surface area contributed by atoms with Crippen molar-refractivity contribution in [3.8, 4) is 0 Å². The van der Waals surface area contributed by atoms with E-state index in [1.165, 1.54) is 24.6 Å². The first kappa shape index (κ1) is 59.1. The van der Waals surface area contributed by atoms with Gasteiger partial charge in [0.1, 0.15) is 36.6 Å². The van der Waals surface area contributed by atoms with Crippen molar-refractivity contribution in [3.05, 3.63) is 47.1 Å². The van der Waals surface area contributed by atoms with Gasteiger partial charge >= 0.3 is 33.3 Å². The van der Waals surface area contributed by atoms with Gasteiger partial charge in [0.15, 0.2) is 6.10 Å². The van der Waals surface area contributed by atoms with Gasteiger partial charge in [0.25, 0.3) is 0 Å². The number of allylic oxidation sites excluding steroid dienone is 2. The molecule has 8 N–H and O–H groups in total. The Balaban J connectivity index is 1.93. The van der Waals surface area contributed by atoms with Gasteiger partial charge in [-0.2, -0.15) is 9.29 Å². The number of fused-ring (bicyclic) bond motifs is 3. The molecular weight excluding hydrogens is 932 g/mol. The zero-order chi connectivity index (χ0) is 50.3. The predicted octanol–water partition coefficient (Wildman–Crippen LogP) is 5.50. The van der Waals surface area contributed by atoms with Crippen molar-refractivity contribution in [1.29, 1.82) is 0 Å². The molecule has 2 bridgehead atoms. The highest BCUT2D eigenvalue weighted by molar-refractivity contribution is 7.61. The van der Waals surface area contributed by atoms with Crippen LogP contribution in [0, 0.1) is 17.8 Å². The molecule has 1 aromatic rings. The Bertz CT molecular complexity index is 1920. The van der Waals surface area contributed by atoms with Gasteiger partial charge in [0.05, 0.1) is 37.4 Å². The number of nitrogens with two attached hydrogens (primary N) is 1. The molecule has 21 nitrogen and oxygen atoms in total. The summed E-state index contributed by atoms with van der Waals surface area (Å²) in [6, 6.07) is 1.21. The molecule has 388 valence electrons. The number of aliphatic hydroxyl groups is 4.